The number of rotatable bonds is 7. The molecule has 134 valence electrons. The van der Waals surface area contributed by atoms with E-state index in [0.29, 0.717) is 37.7 Å². The smallest absolute Gasteiger partial charge is 0.251 e. The Balaban J connectivity index is 1.66. The lowest BCUT2D eigenvalue weighted by Crippen LogP contribution is -2.43. The van der Waals surface area contributed by atoms with Crippen molar-refractivity contribution in [2.45, 2.75) is 31.8 Å². The summed E-state index contributed by atoms with van der Waals surface area (Å²) in [5.74, 6) is 0.195. The normalized spacial score (nSPS) is 16.5. The molecule has 0 aromatic carbocycles. The number of carbonyl (C=O) groups excluding carboxylic acids is 1. The standard InChI is InChI=1S/C17H23N5O3/c23-6-2-16(13-3-7-25-8-4-13)21-17(24)14-1-5-18-15(9-14)10-22-11-19-20-12-22/h1,5,9,11-13,16,23H,2-4,6-8,10H2,(H,21,24). The molecule has 0 aliphatic carbocycles. The lowest BCUT2D eigenvalue weighted by atomic mass is 9.89. The first-order chi connectivity index (χ1) is 12.3. The molecule has 2 N–H and O–H groups in total. The number of hydrogen-bond acceptors (Lipinski definition) is 6. The van der Waals surface area contributed by atoms with E-state index in [1.807, 2.05) is 0 Å². The molecule has 3 heterocycles. The van der Waals surface area contributed by atoms with Crippen LogP contribution in [0.5, 0.6) is 0 Å². The van der Waals surface area contributed by atoms with Gasteiger partial charge < -0.3 is 19.7 Å². The zero-order chi connectivity index (χ0) is 17.5. The van der Waals surface area contributed by atoms with Gasteiger partial charge in [0.25, 0.3) is 5.91 Å². The van der Waals surface area contributed by atoms with Gasteiger partial charge in [0.15, 0.2) is 0 Å². The summed E-state index contributed by atoms with van der Waals surface area (Å²) in [5.41, 5.74) is 1.32. The minimum absolute atomic E-state index is 0.0455. The molecule has 0 bridgehead atoms. The van der Waals surface area contributed by atoms with Gasteiger partial charge in [-0.15, -0.1) is 10.2 Å². The summed E-state index contributed by atoms with van der Waals surface area (Å²) in [6.45, 7) is 1.98. The highest BCUT2D eigenvalue weighted by molar-refractivity contribution is 5.94. The van der Waals surface area contributed by atoms with Gasteiger partial charge in [-0.1, -0.05) is 0 Å². The molecule has 3 rings (SSSR count). The average molecular weight is 345 g/mol. The van der Waals surface area contributed by atoms with Crippen molar-refractivity contribution in [1.29, 1.82) is 0 Å². The molecule has 0 radical (unpaired) electrons. The second kappa shape index (κ2) is 8.68. The second-order valence-corrected chi connectivity index (χ2v) is 6.21. The van der Waals surface area contributed by atoms with Crippen molar-refractivity contribution < 1.29 is 14.6 Å². The fraction of sp³-hybridized carbons (Fsp3) is 0.529. The van der Waals surface area contributed by atoms with Crippen molar-refractivity contribution in [3.63, 3.8) is 0 Å². The van der Waals surface area contributed by atoms with Crippen molar-refractivity contribution >= 4 is 5.91 Å². The summed E-state index contributed by atoms with van der Waals surface area (Å²) < 4.78 is 7.18. The molecule has 1 saturated heterocycles. The third-order valence-corrected chi connectivity index (χ3v) is 4.48. The number of aliphatic hydroxyl groups is 1. The second-order valence-electron chi connectivity index (χ2n) is 6.21. The molecular formula is C17H23N5O3. The minimum atomic E-state index is -0.141. The Bertz CT molecular complexity index is 671. The van der Waals surface area contributed by atoms with Gasteiger partial charge in [-0.2, -0.15) is 0 Å². The van der Waals surface area contributed by atoms with E-state index in [2.05, 4.69) is 20.5 Å². The molecule has 1 amide bonds. The van der Waals surface area contributed by atoms with Crippen LogP contribution >= 0.6 is 0 Å². The lowest BCUT2D eigenvalue weighted by molar-refractivity contribution is 0.0479. The van der Waals surface area contributed by atoms with Gasteiger partial charge in [0, 0.05) is 37.6 Å². The Kier molecular flexibility index (Phi) is 6.08. The van der Waals surface area contributed by atoms with Crippen LogP contribution < -0.4 is 5.32 Å². The lowest BCUT2D eigenvalue weighted by Gasteiger charge is -2.30. The maximum absolute atomic E-state index is 12.6. The Hall–Kier alpha value is -2.32. The summed E-state index contributed by atoms with van der Waals surface area (Å²) in [5, 5.41) is 19.9. The summed E-state index contributed by atoms with van der Waals surface area (Å²) in [4.78, 5) is 16.9. The number of nitrogens with zero attached hydrogens (tertiary/aromatic N) is 4. The van der Waals surface area contributed by atoms with Crippen molar-refractivity contribution in [3.8, 4) is 0 Å². The topological polar surface area (TPSA) is 102 Å². The van der Waals surface area contributed by atoms with E-state index in [1.54, 1.807) is 35.6 Å². The molecule has 2 aromatic rings. The molecule has 25 heavy (non-hydrogen) atoms. The van der Waals surface area contributed by atoms with E-state index in [0.717, 1.165) is 18.5 Å². The van der Waals surface area contributed by atoms with Crippen LogP contribution in [0.2, 0.25) is 0 Å². The quantitative estimate of drug-likeness (QED) is 0.763. The number of hydrogen-bond donors (Lipinski definition) is 2. The number of carbonyl (C=O) groups is 1. The van der Waals surface area contributed by atoms with Gasteiger partial charge >= 0.3 is 0 Å². The number of amides is 1. The van der Waals surface area contributed by atoms with Crippen LogP contribution in [0, 0.1) is 5.92 Å². The predicted octanol–water partition coefficient (Wildman–Crippen LogP) is 0.629. The maximum atomic E-state index is 12.6. The molecule has 1 unspecified atom stereocenters. The van der Waals surface area contributed by atoms with E-state index in [1.165, 1.54) is 0 Å². The molecule has 0 spiro atoms. The van der Waals surface area contributed by atoms with Crippen molar-refractivity contribution in [1.82, 2.24) is 25.1 Å². The Morgan fingerprint density at radius 3 is 2.84 bits per heavy atom. The van der Waals surface area contributed by atoms with Gasteiger partial charge in [-0.3, -0.25) is 9.78 Å². The monoisotopic (exact) mass is 345 g/mol. The first-order valence-electron chi connectivity index (χ1n) is 8.53. The third-order valence-electron chi connectivity index (χ3n) is 4.48. The van der Waals surface area contributed by atoms with Crippen molar-refractivity contribution in [3.05, 3.63) is 42.2 Å². The summed E-state index contributed by atoms with van der Waals surface area (Å²) in [7, 11) is 0. The number of aromatic nitrogens is 4. The summed E-state index contributed by atoms with van der Waals surface area (Å²) >= 11 is 0. The number of pyridine rings is 1. The molecule has 1 atom stereocenters. The predicted molar refractivity (Wildman–Crippen MR) is 89.9 cm³/mol. The Morgan fingerprint density at radius 1 is 1.36 bits per heavy atom. The van der Waals surface area contributed by atoms with Crippen molar-refractivity contribution in [2.75, 3.05) is 19.8 Å². The molecule has 8 nitrogen and oxygen atoms in total. The van der Waals surface area contributed by atoms with E-state index in [-0.39, 0.29) is 18.6 Å². The molecule has 1 fully saturated rings. The van der Waals surface area contributed by atoms with Gasteiger partial charge in [0.05, 0.1) is 12.2 Å². The number of aliphatic hydroxyl groups excluding tert-OH is 1. The van der Waals surface area contributed by atoms with E-state index in [9.17, 15) is 9.90 Å². The fourth-order valence-electron chi connectivity index (χ4n) is 3.13. The molecular weight excluding hydrogens is 322 g/mol. The van der Waals surface area contributed by atoms with Crippen LogP contribution in [0.15, 0.2) is 31.0 Å². The largest absolute Gasteiger partial charge is 0.396 e. The SMILES string of the molecule is O=C(NC(CCO)C1CCOCC1)c1ccnc(Cn2cnnc2)c1. The third kappa shape index (κ3) is 4.83. The first kappa shape index (κ1) is 17.5. The zero-order valence-corrected chi connectivity index (χ0v) is 14.0. The molecule has 0 saturated carbocycles. The van der Waals surface area contributed by atoms with E-state index >= 15 is 0 Å². The van der Waals surface area contributed by atoms with Crippen LogP contribution in [0.4, 0.5) is 0 Å². The average Bonchev–Trinajstić information content (AvgIpc) is 3.15. The van der Waals surface area contributed by atoms with Crippen LogP contribution in [-0.2, 0) is 11.3 Å². The molecule has 8 heteroatoms. The Morgan fingerprint density at radius 2 is 2.12 bits per heavy atom. The fourth-order valence-corrected chi connectivity index (χ4v) is 3.13. The molecule has 2 aromatic heterocycles. The van der Waals surface area contributed by atoms with Gasteiger partial charge in [-0.25, -0.2) is 0 Å². The van der Waals surface area contributed by atoms with Crippen LogP contribution in [-0.4, -0.2) is 56.6 Å². The van der Waals surface area contributed by atoms with Crippen LogP contribution in [0.3, 0.4) is 0 Å². The van der Waals surface area contributed by atoms with Crippen LogP contribution in [0.1, 0.15) is 35.3 Å². The summed E-state index contributed by atoms with van der Waals surface area (Å²) in [6, 6.07) is 3.43. The van der Waals surface area contributed by atoms with Gasteiger partial charge in [0.1, 0.15) is 12.7 Å². The van der Waals surface area contributed by atoms with Gasteiger partial charge in [0.2, 0.25) is 0 Å². The Labute approximate surface area is 146 Å². The molecule has 1 aliphatic rings. The number of ether oxygens (including phenoxy) is 1. The number of nitrogens with one attached hydrogen (secondary N) is 1. The first-order valence-corrected chi connectivity index (χ1v) is 8.53. The highest BCUT2D eigenvalue weighted by atomic mass is 16.5. The van der Waals surface area contributed by atoms with E-state index in [4.69, 9.17) is 4.74 Å². The van der Waals surface area contributed by atoms with Crippen LogP contribution in [0.25, 0.3) is 0 Å². The molecule has 1 aliphatic heterocycles. The zero-order valence-electron chi connectivity index (χ0n) is 14.0. The maximum Gasteiger partial charge on any atom is 0.251 e. The minimum Gasteiger partial charge on any atom is -0.396 e. The van der Waals surface area contributed by atoms with E-state index < -0.39 is 0 Å². The summed E-state index contributed by atoms with van der Waals surface area (Å²) in [6.07, 6.45) is 7.20. The van der Waals surface area contributed by atoms with Crippen molar-refractivity contribution in [2.24, 2.45) is 5.92 Å². The highest BCUT2D eigenvalue weighted by Gasteiger charge is 2.25. The highest BCUT2D eigenvalue weighted by Crippen LogP contribution is 2.21. The van der Waals surface area contributed by atoms with Gasteiger partial charge in [-0.05, 0) is 37.3 Å².